The quantitative estimate of drug-likeness (QED) is 0.637. The Bertz CT molecular complexity index is 167. The molecule has 1 nitrogen and oxygen atoms in total. The molecule has 0 spiro atoms. The monoisotopic (exact) mass is 182 g/mol. The summed E-state index contributed by atoms with van der Waals surface area (Å²) in [6.07, 6.45) is 9.11. The van der Waals surface area contributed by atoms with Crippen molar-refractivity contribution in [1.82, 2.24) is 0 Å². The maximum Gasteiger partial charge on any atom is 0.0574 e. The molecule has 13 heavy (non-hydrogen) atoms. The third-order valence-corrected chi connectivity index (χ3v) is 4.16. The molecule has 0 aromatic heterocycles. The lowest BCUT2D eigenvalue weighted by atomic mass is 9.89. The van der Waals surface area contributed by atoms with Crippen LogP contribution in [0.25, 0.3) is 0 Å². The molecule has 2 aliphatic carbocycles. The Morgan fingerprint density at radius 1 is 0.923 bits per heavy atom. The Labute approximate surface area is 81.9 Å². The van der Waals surface area contributed by atoms with Gasteiger partial charge in [-0.3, -0.25) is 0 Å². The molecule has 0 aromatic carbocycles. The first-order chi connectivity index (χ1) is 6.29. The van der Waals surface area contributed by atoms with Gasteiger partial charge in [0.25, 0.3) is 0 Å². The van der Waals surface area contributed by atoms with Crippen molar-refractivity contribution in [1.29, 1.82) is 0 Å². The fourth-order valence-electron chi connectivity index (χ4n) is 3.29. The summed E-state index contributed by atoms with van der Waals surface area (Å²) in [6, 6.07) is 0. The van der Waals surface area contributed by atoms with Crippen LogP contribution in [0.15, 0.2) is 0 Å². The highest BCUT2D eigenvalue weighted by Crippen LogP contribution is 2.43. The van der Waals surface area contributed by atoms with Crippen LogP contribution in [0.4, 0.5) is 0 Å². The standard InChI is InChI=1S/C12H22O/c1-9-3-4-10(7-9)11-5-6-12(8-11)13-2/h9-12H,3-8H2,1-2H3. The zero-order valence-electron chi connectivity index (χ0n) is 8.96. The second-order valence-corrected chi connectivity index (χ2v) is 5.11. The predicted octanol–water partition coefficient (Wildman–Crippen LogP) is 3.24. The zero-order valence-corrected chi connectivity index (χ0v) is 8.96. The number of methoxy groups -OCH3 is 1. The maximum absolute atomic E-state index is 5.43. The van der Waals surface area contributed by atoms with Crippen molar-refractivity contribution in [3.63, 3.8) is 0 Å². The molecule has 2 fully saturated rings. The summed E-state index contributed by atoms with van der Waals surface area (Å²) in [5, 5.41) is 0. The maximum atomic E-state index is 5.43. The summed E-state index contributed by atoms with van der Waals surface area (Å²) < 4.78 is 5.43. The van der Waals surface area contributed by atoms with Crippen LogP contribution in [0.1, 0.15) is 45.4 Å². The van der Waals surface area contributed by atoms with Crippen LogP contribution in [-0.2, 0) is 4.74 Å². The van der Waals surface area contributed by atoms with E-state index in [0.717, 1.165) is 17.8 Å². The number of ether oxygens (including phenoxy) is 1. The third kappa shape index (κ3) is 2.07. The minimum Gasteiger partial charge on any atom is -0.381 e. The van der Waals surface area contributed by atoms with E-state index in [9.17, 15) is 0 Å². The van der Waals surface area contributed by atoms with E-state index in [1.54, 1.807) is 0 Å². The van der Waals surface area contributed by atoms with Gasteiger partial charge in [-0.2, -0.15) is 0 Å². The van der Waals surface area contributed by atoms with Crippen molar-refractivity contribution in [3.05, 3.63) is 0 Å². The van der Waals surface area contributed by atoms with Gasteiger partial charge in [0.05, 0.1) is 6.10 Å². The SMILES string of the molecule is COC1CCC(C2CCC(C)C2)C1. The number of hydrogen-bond acceptors (Lipinski definition) is 1. The van der Waals surface area contributed by atoms with Crippen molar-refractivity contribution in [2.24, 2.45) is 17.8 Å². The summed E-state index contributed by atoms with van der Waals surface area (Å²) >= 11 is 0. The van der Waals surface area contributed by atoms with E-state index in [2.05, 4.69) is 6.92 Å². The topological polar surface area (TPSA) is 9.23 Å². The third-order valence-electron chi connectivity index (χ3n) is 4.16. The van der Waals surface area contributed by atoms with Gasteiger partial charge in [-0.25, -0.2) is 0 Å². The van der Waals surface area contributed by atoms with E-state index in [0.29, 0.717) is 6.10 Å². The summed E-state index contributed by atoms with van der Waals surface area (Å²) in [6.45, 7) is 2.41. The molecule has 1 heteroatoms. The van der Waals surface area contributed by atoms with Gasteiger partial charge in [0.1, 0.15) is 0 Å². The van der Waals surface area contributed by atoms with Gasteiger partial charge in [0.2, 0.25) is 0 Å². The van der Waals surface area contributed by atoms with Crippen molar-refractivity contribution >= 4 is 0 Å². The van der Waals surface area contributed by atoms with Gasteiger partial charge < -0.3 is 4.74 Å². The normalized spacial score (nSPS) is 45.7. The largest absolute Gasteiger partial charge is 0.381 e. The van der Waals surface area contributed by atoms with E-state index in [1.165, 1.54) is 38.5 Å². The molecule has 0 aliphatic heterocycles. The lowest BCUT2D eigenvalue weighted by Crippen LogP contribution is -2.11. The predicted molar refractivity (Wildman–Crippen MR) is 54.6 cm³/mol. The number of rotatable bonds is 2. The molecular formula is C12H22O. The second kappa shape index (κ2) is 4.00. The van der Waals surface area contributed by atoms with Gasteiger partial charge in [-0.1, -0.05) is 13.3 Å². The van der Waals surface area contributed by atoms with E-state index >= 15 is 0 Å². The summed E-state index contributed by atoms with van der Waals surface area (Å²) in [4.78, 5) is 0. The molecule has 2 aliphatic rings. The molecule has 2 saturated carbocycles. The highest BCUT2D eigenvalue weighted by Gasteiger charge is 2.34. The summed E-state index contributed by atoms with van der Waals surface area (Å²) in [5.74, 6) is 3.02. The van der Waals surface area contributed by atoms with Crippen LogP contribution >= 0.6 is 0 Å². The molecule has 0 N–H and O–H groups in total. The molecular weight excluding hydrogens is 160 g/mol. The summed E-state index contributed by atoms with van der Waals surface area (Å²) in [5.41, 5.74) is 0. The van der Waals surface area contributed by atoms with Gasteiger partial charge >= 0.3 is 0 Å². The van der Waals surface area contributed by atoms with Crippen molar-refractivity contribution in [2.75, 3.05) is 7.11 Å². The highest BCUT2D eigenvalue weighted by atomic mass is 16.5. The first-order valence-corrected chi connectivity index (χ1v) is 5.82. The molecule has 76 valence electrons. The van der Waals surface area contributed by atoms with Gasteiger partial charge in [0, 0.05) is 7.11 Å². The van der Waals surface area contributed by atoms with Gasteiger partial charge in [-0.05, 0) is 49.9 Å². The lowest BCUT2D eigenvalue weighted by Gasteiger charge is -2.18. The van der Waals surface area contributed by atoms with Crippen LogP contribution in [0, 0.1) is 17.8 Å². The number of hydrogen-bond donors (Lipinski definition) is 0. The van der Waals surface area contributed by atoms with Crippen LogP contribution in [0.3, 0.4) is 0 Å². The molecule has 0 radical (unpaired) electrons. The first-order valence-electron chi connectivity index (χ1n) is 5.82. The molecule has 0 amide bonds. The van der Waals surface area contributed by atoms with Crippen molar-refractivity contribution in [2.45, 2.75) is 51.6 Å². The minimum atomic E-state index is 0.584. The van der Waals surface area contributed by atoms with Crippen molar-refractivity contribution < 1.29 is 4.74 Å². The summed E-state index contributed by atoms with van der Waals surface area (Å²) in [7, 11) is 1.87. The molecule has 0 saturated heterocycles. The van der Waals surface area contributed by atoms with E-state index in [4.69, 9.17) is 4.74 Å². The Hall–Kier alpha value is -0.0400. The molecule has 4 unspecified atom stereocenters. The van der Waals surface area contributed by atoms with Crippen molar-refractivity contribution in [3.8, 4) is 0 Å². The molecule has 0 heterocycles. The molecule has 2 rings (SSSR count). The fourth-order valence-corrected chi connectivity index (χ4v) is 3.29. The van der Waals surface area contributed by atoms with E-state index in [-0.39, 0.29) is 0 Å². The fraction of sp³-hybridized carbons (Fsp3) is 1.00. The minimum absolute atomic E-state index is 0.584. The molecule has 0 bridgehead atoms. The average Bonchev–Trinajstić information content (AvgIpc) is 2.71. The second-order valence-electron chi connectivity index (χ2n) is 5.11. The Morgan fingerprint density at radius 3 is 2.15 bits per heavy atom. The Morgan fingerprint density at radius 2 is 1.62 bits per heavy atom. The van der Waals surface area contributed by atoms with Crippen LogP contribution in [0.2, 0.25) is 0 Å². The highest BCUT2D eigenvalue weighted by molar-refractivity contribution is 4.85. The first kappa shape index (κ1) is 9.51. The Balaban J connectivity index is 1.82. The molecule has 4 atom stereocenters. The van der Waals surface area contributed by atoms with E-state index in [1.807, 2.05) is 7.11 Å². The Kier molecular flexibility index (Phi) is 2.92. The van der Waals surface area contributed by atoms with E-state index < -0.39 is 0 Å². The zero-order chi connectivity index (χ0) is 9.26. The lowest BCUT2D eigenvalue weighted by molar-refractivity contribution is 0.102. The van der Waals surface area contributed by atoms with Gasteiger partial charge in [-0.15, -0.1) is 0 Å². The van der Waals surface area contributed by atoms with Crippen LogP contribution in [0.5, 0.6) is 0 Å². The van der Waals surface area contributed by atoms with Gasteiger partial charge in [0.15, 0.2) is 0 Å². The average molecular weight is 182 g/mol. The smallest absolute Gasteiger partial charge is 0.0574 e. The molecule has 0 aromatic rings. The van der Waals surface area contributed by atoms with Crippen LogP contribution in [-0.4, -0.2) is 13.2 Å². The van der Waals surface area contributed by atoms with Crippen LogP contribution < -0.4 is 0 Å².